The lowest BCUT2D eigenvalue weighted by Crippen LogP contribution is -2.31. The van der Waals surface area contributed by atoms with Crippen molar-refractivity contribution < 1.29 is 23.8 Å². The Morgan fingerprint density at radius 3 is 2.15 bits per heavy atom. The van der Waals surface area contributed by atoms with Gasteiger partial charge in [-0.3, -0.25) is 9.59 Å². The zero-order chi connectivity index (χ0) is 23.2. The third-order valence-corrected chi connectivity index (χ3v) is 5.08. The summed E-state index contributed by atoms with van der Waals surface area (Å²) in [6, 6.07) is 18.8. The number of nitrogens with one attached hydrogen (secondary N) is 3. The highest BCUT2D eigenvalue weighted by atomic mass is 16.6. The topological polar surface area (TPSA) is 97.9 Å². The van der Waals surface area contributed by atoms with E-state index in [1.54, 1.807) is 80.8 Å². The van der Waals surface area contributed by atoms with Gasteiger partial charge in [0.15, 0.2) is 11.5 Å². The summed E-state index contributed by atoms with van der Waals surface area (Å²) in [5, 5.41) is 8.84. The summed E-state index contributed by atoms with van der Waals surface area (Å²) in [6.07, 6.45) is 0. The van der Waals surface area contributed by atoms with E-state index >= 15 is 0 Å². The molecule has 33 heavy (non-hydrogen) atoms. The number of anilines is 3. The molecule has 2 amide bonds. The SMILES string of the molecule is COc1ccc(NC(=O)c2ccc(N[C@H](C)C(=O)Nc3ccc4c(c3)OCCO4)cc2)cc1. The van der Waals surface area contributed by atoms with E-state index in [0.717, 1.165) is 11.4 Å². The van der Waals surface area contributed by atoms with Crippen LogP contribution >= 0.6 is 0 Å². The average molecular weight is 447 g/mol. The molecule has 8 nitrogen and oxygen atoms in total. The van der Waals surface area contributed by atoms with E-state index in [2.05, 4.69) is 16.0 Å². The maximum absolute atomic E-state index is 12.6. The van der Waals surface area contributed by atoms with Gasteiger partial charge in [0.05, 0.1) is 7.11 Å². The molecule has 3 N–H and O–H groups in total. The zero-order valence-corrected chi connectivity index (χ0v) is 18.4. The van der Waals surface area contributed by atoms with Crippen LogP contribution in [0.2, 0.25) is 0 Å². The molecular weight excluding hydrogens is 422 g/mol. The molecule has 0 spiro atoms. The number of benzene rings is 3. The molecule has 0 aliphatic carbocycles. The smallest absolute Gasteiger partial charge is 0.255 e. The Kier molecular flexibility index (Phi) is 6.64. The number of carbonyl (C=O) groups excluding carboxylic acids is 2. The first-order valence-electron chi connectivity index (χ1n) is 10.5. The summed E-state index contributed by atoms with van der Waals surface area (Å²) >= 11 is 0. The van der Waals surface area contributed by atoms with Gasteiger partial charge < -0.3 is 30.2 Å². The van der Waals surface area contributed by atoms with Gasteiger partial charge >= 0.3 is 0 Å². The highest BCUT2D eigenvalue weighted by molar-refractivity contribution is 6.04. The summed E-state index contributed by atoms with van der Waals surface area (Å²) < 4.78 is 16.2. The summed E-state index contributed by atoms with van der Waals surface area (Å²) in [6.45, 7) is 2.76. The van der Waals surface area contributed by atoms with E-state index < -0.39 is 6.04 Å². The molecule has 170 valence electrons. The normalized spacial score (nSPS) is 12.9. The number of hydrogen-bond acceptors (Lipinski definition) is 6. The molecule has 1 aliphatic heterocycles. The summed E-state index contributed by atoms with van der Waals surface area (Å²) in [5.74, 6) is 1.57. The number of amides is 2. The predicted molar refractivity (Wildman–Crippen MR) is 127 cm³/mol. The van der Waals surface area contributed by atoms with Crippen LogP contribution in [0.1, 0.15) is 17.3 Å². The standard InChI is InChI=1S/C25H25N3O5/c1-16(24(29)28-20-9-12-22-23(15-20)33-14-13-32-22)26-18-5-3-17(4-6-18)25(30)27-19-7-10-21(31-2)11-8-19/h3-12,15-16,26H,13-14H2,1-2H3,(H,27,30)(H,28,29)/t16-/m1/s1. The van der Waals surface area contributed by atoms with Crippen molar-refractivity contribution in [2.45, 2.75) is 13.0 Å². The van der Waals surface area contributed by atoms with Crippen LogP contribution in [0.15, 0.2) is 66.7 Å². The third-order valence-electron chi connectivity index (χ3n) is 5.08. The average Bonchev–Trinajstić information content (AvgIpc) is 2.84. The van der Waals surface area contributed by atoms with E-state index in [4.69, 9.17) is 14.2 Å². The Morgan fingerprint density at radius 2 is 1.45 bits per heavy atom. The van der Waals surface area contributed by atoms with E-state index in [-0.39, 0.29) is 11.8 Å². The quantitative estimate of drug-likeness (QED) is 0.503. The van der Waals surface area contributed by atoms with Gasteiger partial charge in [-0.05, 0) is 67.6 Å². The fraction of sp³-hybridized carbons (Fsp3) is 0.200. The van der Waals surface area contributed by atoms with E-state index in [9.17, 15) is 9.59 Å². The zero-order valence-electron chi connectivity index (χ0n) is 18.4. The van der Waals surface area contributed by atoms with Gasteiger partial charge in [-0.25, -0.2) is 0 Å². The first kappa shape index (κ1) is 22.0. The maximum atomic E-state index is 12.6. The number of fused-ring (bicyclic) bond motifs is 1. The van der Waals surface area contributed by atoms with Crippen molar-refractivity contribution in [3.8, 4) is 17.2 Å². The second kappa shape index (κ2) is 9.95. The van der Waals surface area contributed by atoms with Crippen molar-refractivity contribution in [2.75, 3.05) is 36.3 Å². The fourth-order valence-electron chi connectivity index (χ4n) is 3.28. The number of methoxy groups -OCH3 is 1. The lowest BCUT2D eigenvalue weighted by Gasteiger charge is -2.20. The van der Waals surface area contributed by atoms with Crippen LogP contribution in [0.4, 0.5) is 17.1 Å². The first-order valence-corrected chi connectivity index (χ1v) is 10.5. The molecule has 0 radical (unpaired) electrons. The van der Waals surface area contributed by atoms with Gasteiger partial charge in [0.25, 0.3) is 5.91 Å². The van der Waals surface area contributed by atoms with Crippen LogP contribution in [0.25, 0.3) is 0 Å². The third kappa shape index (κ3) is 5.54. The molecule has 0 aromatic heterocycles. The Morgan fingerprint density at radius 1 is 0.818 bits per heavy atom. The van der Waals surface area contributed by atoms with Gasteiger partial charge in [0, 0.05) is 28.7 Å². The molecule has 0 unspecified atom stereocenters. The highest BCUT2D eigenvalue weighted by Crippen LogP contribution is 2.32. The summed E-state index contributed by atoms with van der Waals surface area (Å²) in [5.41, 5.74) is 2.53. The Balaban J connectivity index is 1.32. The van der Waals surface area contributed by atoms with Crippen molar-refractivity contribution >= 4 is 28.9 Å². The molecule has 0 fully saturated rings. The molecular formula is C25H25N3O5. The summed E-state index contributed by atoms with van der Waals surface area (Å²) in [4.78, 5) is 25.1. The lowest BCUT2D eigenvalue weighted by atomic mass is 10.1. The maximum Gasteiger partial charge on any atom is 0.255 e. The highest BCUT2D eigenvalue weighted by Gasteiger charge is 2.16. The van der Waals surface area contributed by atoms with Crippen molar-refractivity contribution in [3.05, 3.63) is 72.3 Å². The molecule has 4 rings (SSSR count). The van der Waals surface area contributed by atoms with Crippen molar-refractivity contribution in [3.63, 3.8) is 0 Å². The van der Waals surface area contributed by atoms with Crippen LogP contribution in [0, 0.1) is 0 Å². The molecule has 1 atom stereocenters. The van der Waals surface area contributed by atoms with Gasteiger partial charge in [-0.2, -0.15) is 0 Å². The number of hydrogen-bond donors (Lipinski definition) is 3. The van der Waals surface area contributed by atoms with Crippen LogP contribution < -0.4 is 30.2 Å². The van der Waals surface area contributed by atoms with E-state index in [1.807, 2.05) is 0 Å². The van der Waals surface area contributed by atoms with Crippen molar-refractivity contribution in [2.24, 2.45) is 0 Å². The number of ether oxygens (including phenoxy) is 3. The summed E-state index contributed by atoms with van der Waals surface area (Å²) in [7, 11) is 1.59. The molecule has 3 aromatic carbocycles. The molecule has 0 saturated carbocycles. The molecule has 3 aromatic rings. The second-order valence-electron chi connectivity index (χ2n) is 7.47. The van der Waals surface area contributed by atoms with Gasteiger partial charge in [0.2, 0.25) is 5.91 Å². The fourth-order valence-corrected chi connectivity index (χ4v) is 3.28. The van der Waals surface area contributed by atoms with Crippen molar-refractivity contribution in [1.29, 1.82) is 0 Å². The van der Waals surface area contributed by atoms with E-state index in [0.29, 0.717) is 41.7 Å². The largest absolute Gasteiger partial charge is 0.497 e. The minimum atomic E-state index is -0.503. The molecule has 8 heteroatoms. The number of rotatable bonds is 7. The molecule has 0 bridgehead atoms. The van der Waals surface area contributed by atoms with Crippen LogP contribution in [0.3, 0.4) is 0 Å². The van der Waals surface area contributed by atoms with E-state index in [1.165, 1.54) is 0 Å². The van der Waals surface area contributed by atoms with Gasteiger partial charge in [-0.1, -0.05) is 0 Å². The van der Waals surface area contributed by atoms with Gasteiger partial charge in [0.1, 0.15) is 25.0 Å². The van der Waals surface area contributed by atoms with Crippen molar-refractivity contribution in [1.82, 2.24) is 0 Å². The molecule has 0 saturated heterocycles. The lowest BCUT2D eigenvalue weighted by molar-refractivity contribution is -0.116. The monoisotopic (exact) mass is 447 g/mol. The Labute approximate surface area is 191 Å². The van der Waals surface area contributed by atoms with Gasteiger partial charge in [-0.15, -0.1) is 0 Å². The Hall–Kier alpha value is -4.20. The minimum Gasteiger partial charge on any atom is -0.497 e. The molecule has 1 heterocycles. The van der Waals surface area contributed by atoms with Crippen LogP contribution in [-0.2, 0) is 4.79 Å². The Bertz CT molecular complexity index is 1130. The predicted octanol–water partition coefficient (Wildman–Crippen LogP) is 4.16. The number of carbonyl (C=O) groups is 2. The van der Waals surface area contributed by atoms with Crippen LogP contribution in [0.5, 0.6) is 17.2 Å². The second-order valence-corrected chi connectivity index (χ2v) is 7.47. The molecule has 1 aliphatic rings. The van der Waals surface area contributed by atoms with Crippen LogP contribution in [-0.4, -0.2) is 38.2 Å². The minimum absolute atomic E-state index is 0.201. The first-order chi connectivity index (χ1) is 16.0.